The summed E-state index contributed by atoms with van der Waals surface area (Å²) in [6.45, 7) is 3.26. The first-order chi connectivity index (χ1) is 17.1. The van der Waals surface area contributed by atoms with Crippen molar-refractivity contribution in [1.29, 1.82) is 0 Å². The van der Waals surface area contributed by atoms with Gasteiger partial charge in [-0.3, -0.25) is 4.79 Å². The number of piperidine rings is 1. The van der Waals surface area contributed by atoms with Crippen LogP contribution in [0.2, 0.25) is 5.02 Å². The molecule has 8 nitrogen and oxygen atoms in total. The molecule has 0 radical (unpaired) electrons. The second-order valence-corrected chi connectivity index (χ2v) is 10.3. The van der Waals surface area contributed by atoms with Crippen LogP contribution in [0.4, 0.5) is 5.82 Å². The van der Waals surface area contributed by atoms with Crippen LogP contribution in [0, 0.1) is 5.92 Å². The third-order valence-electron chi connectivity index (χ3n) is 7.50. The molecule has 3 heterocycles. The number of halogens is 1. The van der Waals surface area contributed by atoms with E-state index in [2.05, 4.69) is 32.4 Å². The number of likely N-dealkylation sites (N-methyl/N-ethyl adjacent to an activating group) is 1. The molecule has 1 saturated carbocycles. The number of nitrogens with zero attached hydrogens (tertiary/aromatic N) is 6. The van der Waals surface area contributed by atoms with Crippen molar-refractivity contribution >= 4 is 29.0 Å². The molecule has 2 fully saturated rings. The summed E-state index contributed by atoms with van der Waals surface area (Å²) in [4.78, 5) is 17.4. The van der Waals surface area contributed by atoms with Gasteiger partial charge in [-0.1, -0.05) is 30.9 Å². The molecule has 0 unspecified atom stereocenters. The van der Waals surface area contributed by atoms with Gasteiger partial charge < -0.3 is 15.1 Å². The van der Waals surface area contributed by atoms with Gasteiger partial charge in [-0.15, -0.1) is 15.3 Å². The van der Waals surface area contributed by atoms with E-state index in [9.17, 15) is 4.79 Å². The lowest BCUT2D eigenvalue weighted by atomic mass is 9.94. The van der Waals surface area contributed by atoms with Crippen molar-refractivity contribution in [2.75, 3.05) is 38.1 Å². The van der Waals surface area contributed by atoms with Gasteiger partial charge in [-0.05, 0) is 69.1 Å². The molecule has 1 amide bonds. The van der Waals surface area contributed by atoms with E-state index in [-0.39, 0.29) is 11.8 Å². The lowest BCUT2D eigenvalue weighted by molar-refractivity contribution is -0.125. The van der Waals surface area contributed by atoms with Crippen molar-refractivity contribution in [3.05, 3.63) is 41.4 Å². The monoisotopic (exact) mass is 495 g/mol. The summed E-state index contributed by atoms with van der Waals surface area (Å²) in [6.07, 6.45) is 8.28. The normalized spacial score (nSPS) is 17.9. The second kappa shape index (κ2) is 10.9. The highest BCUT2D eigenvalue weighted by molar-refractivity contribution is 6.30. The lowest BCUT2D eigenvalue weighted by Gasteiger charge is -2.33. The summed E-state index contributed by atoms with van der Waals surface area (Å²) < 4.78 is 1.78. The van der Waals surface area contributed by atoms with Gasteiger partial charge in [-0.2, -0.15) is 4.52 Å². The molecule has 0 spiro atoms. The van der Waals surface area contributed by atoms with Crippen LogP contribution in [0.25, 0.3) is 17.0 Å². The SMILES string of the molecule is CN(CCNC(=O)C1CCN(c2ccc3nnc(-c4ccc(Cl)cc4)n3n2)CC1)C1CCCCC1. The second-order valence-electron chi connectivity index (χ2n) is 9.82. The van der Waals surface area contributed by atoms with Crippen LogP contribution in [0.5, 0.6) is 0 Å². The molecule has 9 heteroatoms. The van der Waals surface area contributed by atoms with Crippen molar-refractivity contribution < 1.29 is 4.79 Å². The van der Waals surface area contributed by atoms with Gasteiger partial charge in [0, 0.05) is 48.7 Å². The highest BCUT2D eigenvalue weighted by atomic mass is 35.5. The molecule has 1 aliphatic carbocycles. The van der Waals surface area contributed by atoms with Crippen LogP contribution in [0.15, 0.2) is 36.4 Å². The molecule has 5 rings (SSSR count). The Hall–Kier alpha value is -2.71. The fourth-order valence-electron chi connectivity index (χ4n) is 5.30. The third kappa shape index (κ3) is 5.59. The van der Waals surface area contributed by atoms with E-state index in [1.165, 1.54) is 32.1 Å². The topological polar surface area (TPSA) is 78.7 Å². The van der Waals surface area contributed by atoms with Crippen LogP contribution in [-0.2, 0) is 4.79 Å². The molecule has 0 bridgehead atoms. The molecule has 2 aromatic heterocycles. The molecule has 1 N–H and O–H groups in total. The standard InChI is InChI=1S/C26H34ClN7O/c1-32(22-5-3-2-4-6-22)18-15-28-26(35)20-13-16-33(17-14-20)24-12-11-23-29-30-25(34(23)31-24)19-7-9-21(27)10-8-19/h7-12,20,22H,2-6,13-18H2,1H3,(H,28,35). The average molecular weight is 496 g/mol. The Morgan fingerprint density at radius 1 is 1.03 bits per heavy atom. The number of nitrogens with one attached hydrogen (secondary N) is 1. The van der Waals surface area contributed by atoms with E-state index in [0.717, 1.165) is 50.4 Å². The first kappa shape index (κ1) is 24.0. The van der Waals surface area contributed by atoms with Gasteiger partial charge in [-0.25, -0.2) is 0 Å². The van der Waals surface area contributed by atoms with Gasteiger partial charge >= 0.3 is 0 Å². The largest absolute Gasteiger partial charge is 0.355 e. The fourth-order valence-corrected chi connectivity index (χ4v) is 5.43. The number of carbonyl (C=O) groups excluding carboxylic acids is 1. The number of amides is 1. The smallest absolute Gasteiger partial charge is 0.223 e. The van der Waals surface area contributed by atoms with Crippen LogP contribution >= 0.6 is 11.6 Å². The summed E-state index contributed by atoms with van der Waals surface area (Å²) in [5, 5.41) is 17.3. The average Bonchev–Trinajstić information content (AvgIpc) is 3.33. The Morgan fingerprint density at radius 3 is 2.51 bits per heavy atom. The molecule has 3 aromatic rings. The molecular weight excluding hydrogens is 462 g/mol. The number of anilines is 1. The predicted molar refractivity (Wildman–Crippen MR) is 139 cm³/mol. The van der Waals surface area contributed by atoms with Crippen LogP contribution in [0.1, 0.15) is 44.9 Å². The van der Waals surface area contributed by atoms with Crippen LogP contribution in [0.3, 0.4) is 0 Å². The number of fused-ring (bicyclic) bond motifs is 1. The van der Waals surface area contributed by atoms with Gasteiger partial charge in [0.15, 0.2) is 11.5 Å². The molecule has 2 aliphatic rings. The zero-order chi connectivity index (χ0) is 24.2. The fraction of sp³-hybridized carbons (Fsp3) is 0.538. The summed E-state index contributed by atoms with van der Waals surface area (Å²) in [5.74, 6) is 1.81. The third-order valence-corrected chi connectivity index (χ3v) is 7.75. The lowest BCUT2D eigenvalue weighted by Crippen LogP contribution is -2.44. The maximum Gasteiger partial charge on any atom is 0.223 e. The van der Waals surface area contributed by atoms with Crippen LogP contribution < -0.4 is 10.2 Å². The molecule has 186 valence electrons. The van der Waals surface area contributed by atoms with E-state index >= 15 is 0 Å². The van der Waals surface area contributed by atoms with E-state index < -0.39 is 0 Å². The van der Waals surface area contributed by atoms with E-state index in [0.29, 0.717) is 22.5 Å². The maximum absolute atomic E-state index is 12.8. The van der Waals surface area contributed by atoms with Crippen molar-refractivity contribution in [3.63, 3.8) is 0 Å². The summed E-state index contributed by atoms with van der Waals surface area (Å²) in [6, 6.07) is 12.1. The number of carbonyl (C=O) groups is 1. The Balaban J connectivity index is 1.15. The molecule has 1 aliphatic heterocycles. The number of aromatic nitrogens is 4. The molecular formula is C26H34ClN7O. The van der Waals surface area contributed by atoms with E-state index in [1.807, 2.05) is 36.4 Å². The minimum Gasteiger partial charge on any atom is -0.355 e. The van der Waals surface area contributed by atoms with Gasteiger partial charge in [0.1, 0.15) is 5.82 Å². The van der Waals surface area contributed by atoms with Crippen molar-refractivity contribution in [1.82, 2.24) is 30.0 Å². The summed E-state index contributed by atoms with van der Waals surface area (Å²) in [7, 11) is 2.19. The Morgan fingerprint density at radius 2 is 1.77 bits per heavy atom. The Labute approximate surface area is 211 Å². The number of hydrogen-bond donors (Lipinski definition) is 1. The molecule has 35 heavy (non-hydrogen) atoms. The van der Waals surface area contributed by atoms with Crippen molar-refractivity contribution in [2.24, 2.45) is 5.92 Å². The zero-order valence-corrected chi connectivity index (χ0v) is 21.1. The quantitative estimate of drug-likeness (QED) is 0.533. The van der Waals surface area contributed by atoms with Crippen molar-refractivity contribution in [2.45, 2.75) is 51.0 Å². The first-order valence-corrected chi connectivity index (χ1v) is 13.2. The van der Waals surface area contributed by atoms with Gasteiger partial charge in [0.25, 0.3) is 0 Å². The molecule has 1 saturated heterocycles. The number of benzene rings is 1. The maximum atomic E-state index is 12.8. The Bertz CT molecular complexity index is 1130. The van der Waals surface area contributed by atoms with E-state index in [1.54, 1.807) is 4.52 Å². The number of rotatable bonds is 7. The minimum atomic E-state index is 0.0644. The Kier molecular flexibility index (Phi) is 7.48. The van der Waals surface area contributed by atoms with Crippen molar-refractivity contribution in [3.8, 4) is 11.4 Å². The van der Waals surface area contributed by atoms with E-state index in [4.69, 9.17) is 16.7 Å². The van der Waals surface area contributed by atoms with Gasteiger partial charge in [0.2, 0.25) is 5.91 Å². The zero-order valence-electron chi connectivity index (χ0n) is 20.4. The molecule has 1 aromatic carbocycles. The highest BCUT2D eigenvalue weighted by Gasteiger charge is 2.26. The molecule has 0 atom stereocenters. The number of hydrogen-bond acceptors (Lipinski definition) is 6. The van der Waals surface area contributed by atoms with Gasteiger partial charge in [0.05, 0.1) is 0 Å². The predicted octanol–water partition coefficient (Wildman–Crippen LogP) is 4.04. The minimum absolute atomic E-state index is 0.0644. The highest BCUT2D eigenvalue weighted by Crippen LogP contribution is 2.25. The summed E-state index contributed by atoms with van der Waals surface area (Å²) >= 11 is 6.03. The first-order valence-electron chi connectivity index (χ1n) is 12.8. The van der Waals surface area contributed by atoms with Crippen LogP contribution in [-0.4, -0.2) is 69.9 Å². The summed E-state index contributed by atoms with van der Waals surface area (Å²) in [5.41, 5.74) is 1.61.